The van der Waals surface area contributed by atoms with Crippen LogP contribution in [0.3, 0.4) is 0 Å². The van der Waals surface area contributed by atoms with Crippen LogP contribution in [0, 0.1) is 11.8 Å². The average Bonchev–Trinajstić information content (AvgIpc) is 2.73. The van der Waals surface area contributed by atoms with Gasteiger partial charge in [-0.2, -0.15) is 0 Å². The lowest BCUT2D eigenvalue weighted by atomic mass is 9.80. The van der Waals surface area contributed by atoms with Crippen LogP contribution in [0.4, 0.5) is 0 Å². The Morgan fingerprint density at radius 1 is 1.17 bits per heavy atom. The predicted molar refractivity (Wildman–Crippen MR) is 74.2 cm³/mol. The fraction of sp³-hybridized carbons (Fsp3) is 0.933. The zero-order chi connectivity index (χ0) is 13.0. The summed E-state index contributed by atoms with van der Waals surface area (Å²) in [6.07, 6.45) is 8.78. The molecule has 1 unspecified atom stereocenters. The molecule has 3 heteroatoms. The molecule has 18 heavy (non-hydrogen) atoms. The van der Waals surface area contributed by atoms with E-state index < -0.39 is 0 Å². The van der Waals surface area contributed by atoms with E-state index in [1.54, 1.807) is 0 Å². The lowest BCUT2D eigenvalue weighted by Gasteiger charge is -2.30. The van der Waals surface area contributed by atoms with Gasteiger partial charge in [0.25, 0.3) is 0 Å². The molecule has 1 saturated carbocycles. The standard InChI is InChI=1S/C15H28N2O/c1-3-5-14-15(18)17(11-16-14)10-13-8-6-12(4-2)7-9-13/h12-14,16H,3-11H2,1-2H3. The second kappa shape index (κ2) is 6.55. The van der Waals surface area contributed by atoms with Crippen LogP contribution in [0.5, 0.6) is 0 Å². The summed E-state index contributed by atoms with van der Waals surface area (Å²) in [5.41, 5.74) is 0. The highest BCUT2D eigenvalue weighted by molar-refractivity contribution is 5.83. The Morgan fingerprint density at radius 2 is 1.83 bits per heavy atom. The first kappa shape index (κ1) is 13.9. The normalized spacial score (nSPS) is 33.1. The van der Waals surface area contributed by atoms with Gasteiger partial charge in [-0.15, -0.1) is 0 Å². The highest BCUT2D eigenvalue weighted by atomic mass is 16.2. The second-order valence-corrected chi connectivity index (χ2v) is 6.06. The van der Waals surface area contributed by atoms with E-state index in [0.717, 1.165) is 37.9 Å². The monoisotopic (exact) mass is 252 g/mol. The lowest BCUT2D eigenvalue weighted by Crippen LogP contribution is -2.35. The number of nitrogens with zero attached hydrogens (tertiary/aromatic N) is 1. The summed E-state index contributed by atoms with van der Waals surface area (Å²) < 4.78 is 0. The van der Waals surface area contributed by atoms with Crippen LogP contribution in [-0.2, 0) is 4.79 Å². The fourth-order valence-corrected chi connectivity index (χ4v) is 3.41. The molecule has 0 aromatic heterocycles. The second-order valence-electron chi connectivity index (χ2n) is 6.06. The predicted octanol–water partition coefficient (Wildman–Crippen LogP) is 2.76. The number of hydrogen-bond donors (Lipinski definition) is 1. The lowest BCUT2D eigenvalue weighted by molar-refractivity contribution is -0.129. The molecule has 1 aliphatic heterocycles. The summed E-state index contributed by atoms with van der Waals surface area (Å²) >= 11 is 0. The molecular weight excluding hydrogens is 224 g/mol. The Labute approximate surface area is 111 Å². The van der Waals surface area contributed by atoms with Gasteiger partial charge in [-0.25, -0.2) is 0 Å². The van der Waals surface area contributed by atoms with E-state index in [1.807, 2.05) is 0 Å². The molecule has 0 aromatic rings. The van der Waals surface area contributed by atoms with Crippen molar-refractivity contribution in [2.45, 2.75) is 64.8 Å². The van der Waals surface area contributed by atoms with Gasteiger partial charge in [0.2, 0.25) is 5.91 Å². The third-order valence-electron chi connectivity index (χ3n) is 4.74. The molecule has 1 amide bonds. The van der Waals surface area contributed by atoms with E-state index in [-0.39, 0.29) is 6.04 Å². The van der Waals surface area contributed by atoms with Crippen LogP contribution >= 0.6 is 0 Å². The zero-order valence-electron chi connectivity index (χ0n) is 12.0. The SMILES string of the molecule is CCCC1NCN(CC2CCC(CC)CC2)C1=O. The molecule has 3 nitrogen and oxygen atoms in total. The minimum atomic E-state index is 0.0991. The molecule has 0 aromatic carbocycles. The van der Waals surface area contributed by atoms with Crippen molar-refractivity contribution in [3.63, 3.8) is 0 Å². The fourth-order valence-electron chi connectivity index (χ4n) is 3.41. The van der Waals surface area contributed by atoms with Gasteiger partial charge in [0, 0.05) is 6.54 Å². The largest absolute Gasteiger partial charge is 0.328 e. The molecule has 1 atom stereocenters. The molecule has 2 aliphatic rings. The van der Waals surface area contributed by atoms with Crippen molar-refractivity contribution in [2.24, 2.45) is 11.8 Å². The first-order chi connectivity index (χ1) is 8.74. The number of amides is 1. The summed E-state index contributed by atoms with van der Waals surface area (Å²) in [6, 6.07) is 0.0991. The highest BCUT2D eigenvalue weighted by Crippen LogP contribution is 2.31. The molecule has 2 fully saturated rings. The van der Waals surface area contributed by atoms with Crippen molar-refractivity contribution >= 4 is 5.91 Å². The summed E-state index contributed by atoms with van der Waals surface area (Å²) in [4.78, 5) is 14.2. The Balaban J connectivity index is 1.76. The van der Waals surface area contributed by atoms with Crippen LogP contribution in [-0.4, -0.2) is 30.1 Å². The maximum absolute atomic E-state index is 12.2. The van der Waals surface area contributed by atoms with Crippen molar-refractivity contribution in [3.05, 3.63) is 0 Å². The summed E-state index contributed by atoms with van der Waals surface area (Å²) in [6.45, 7) is 6.21. The van der Waals surface area contributed by atoms with Gasteiger partial charge in [-0.05, 0) is 31.1 Å². The third-order valence-corrected chi connectivity index (χ3v) is 4.74. The maximum atomic E-state index is 12.2. The van der Waals surface area contributed by atoms with Crippen LogP contribution in [0.25, 0.3) is 0 Å². The van der Waals surface area contributed by atoms with E-state index >= 15 is 0 Å². The van der Waals surface area contributed by atoms with Crippen molar-refractivity contribution in [1.29, 1.82) is 0 Å². The topological polar surface area (TPSA) is 32.3 Å². The van der Waals surface area contributed by atoms with Gasteiger partial charge in [0.05, 0.1) is 12.7 Å². The average molecular weight is 252 g/mol. The zero-order valence-corrected chi connectivity index (χ0v) is 12.0. The van der Waals surface area contributed by atoms with Gasteiger partial charge in [-0.3, -0.25) is 10.1 Å². The first-order valence-electron chi connectivity index (χ1n) is 7.76. The smallest absolute Gasteiger partial charge is 0.240 e. The quantitative estimate of drug-likeness (QED) is 0.816. The molecule has 1 heterocycles. The number of carbonyl (C=O) groups excluding carboxylic acids is 1. The van der Waals surface area contributed by atoms with Crippen molar-refractivity contribution in [2.75, 3.05) is 13.2 Å². The van der Waals surface area contributed by atoms with E-state index in [4.69, 9.17) is 0 Å². The summed E-state index contributed by atoms with van der Waals surface area (Å²) in [7, 11) is 0. The molecule has 1 N–H and O–H groups in total. The Morgan fingerprint density at radius 3 is 2.44 bits per heavy atom. The van der Waals surface area contributed by atoms with Gasteiger partial charge >= 0.3 is 0 Å². The highest BCUT2D eigenvalue weighted by Gasteiger charge is 2.32. The van der Waals surface area contributed by atoms with Crippen LogP contribution < -0.4 is 5.32 Å². The number of nitrogens with one attached hydrogen (secondary N) is 1. The van der Waals surface area contributed by atoms with Crippen molar-refractivity contribution < 1.29 is 4.79 Å². The van der Waals surface area contributed by atoms with Gasteiger partial charge in [-0.1, -0.05) is 39.5 Å². The number of hydrogen-bond acceptors (Lipinski definition) is 2. The van der Waals surface area contributed by atoms with Gasteiger partial charge in [0.1, 0.15) is 0 Å². The third kappa shape index (κ3) is 3.25. The molecule has 0 spiro atoms. The van der Waals surface area contributed by atoms with Gasteiger partial charge < -0.3 is 4.90 Å². The molecule has 104 valence electrons. The van der Waals surface area contributed by atoms with Crippen LogP contribution in [0.15, 0.2) is 0 Å². The van der Waals surface area contributed by atoms with E-state index in [2.05, 4.69) is 24.1 Å². The molecule has 0 radical (unpaired) electrons. The minimum Gasteiger partial charge on any atom is -0.328 e. The maximum Gasteiger partial charge on any atom is 0.240 e. The summed E-state index contributed by atoms with van der Waals surface area (Å²) in [5, 5.41) is 3.34. The van der Waals surface area contributed by atoms with Crippen molar-refractivity contribution in [3.8, 4) is 0 Å². The molecule has 1 saturated heterocycles. The number of carbonyl (C=O) groups is 1. The van der Waals surface area contributed by atoms with Crippen LogP contribution in [0.1, 0.15) is 58.8 Å². The Bertz CT molecular complexity index is 272. The Hall–Kier alpha value is -0.570. The van der Waals surface area contributed by atoms with E-state index in [9.17, 15) is 4.79 Å². The van der Waals surface area contributed by atoms with E-state index in [0.29, 0.717) is 5.91 Å². The minimum absolute atomic E-state index is 0.0991. The summed E-state index contributed by atoms with van der Waals surface area (Å²) in [5.74, 6) is 2.04. The van der Waals surface area contributed by atoms with Gasteiger partial charge in [0.15, 0.2) is 0 Å². The van der Waals surface area contributed by atoms with Crippen molar-refractivity contribution in [1.82, 2.24) is 10.2 Å². The number of rotatable bonds is 5. The molecule has 1 aliphatic carbocycles. The Kier molecular flexibility index (Phi) is 5.04. The molecular formula is C15H28N2O. The first-order valence-corrected chi connectivity index (χ1v) is 7.76. The molecule has 0 bridgehead atoms. The van der Waals surface area contributed by atoms with E-state index in [1.165, 1.54) is 32.1 Å². The van der Waals surface area contributed by atoms with Crippen LogP contribution in [0.2, 0.25) is 0 Å². The molecule has 2 rings (SSSR count).